The minimum absolute atomic E-state index is 0.0209. The molecular weight excluding hydrogens is 506 g/mol. The second-order valence-electron chi connectivity index (χ2n) is 7.99. The summed E-state index contributed by atoms with van der Waals surface area (Å²) in [6.45, 7) is 1.43. The van der Waals surface area contributed by atoms with Crippen LogP contribution < -0.4 is 20.3 Å². The smallest absolute Gasteiger partial charge is 0.422 e. The van der Waals surface area contributed by atoms with E-state index >= 15 is 0 Å². The standard InChI is InChI=1S/C23H22F6N6O2/c24-22(25,26)14-37-21-33-19(30-13-15-4-6-18(7-5-15)35-8-10-36-11-9-35)32-20(34-21)31-17-3-1-2-16(12-17)23(27,28)29/h1-7,12H,8-11,13-14H2,(H2,30,31,32,33,34). The molecule has 1 saturated heterocycles. The van der Waals surface area contributed by atoms with Crippen LogP contribution in [0.25, 0.3) is 0 Å². The Kier molecular flexibility index (Phi) is 7.86. The predicted molar refractivity (Wildman–Crippen MR) is 123 cm³/mol. The molecule has 198 valence electrons. The van der Waals surface area contributed by atoms with Gasteiger partial charge >= 0.3 is 18.4 Å². The fraction of sp³-hybridized carbons (Fsp3) is 0.348. The lowest BCUT2D eigenvalue weighted by Crippen LogP contribution is -2.36. The Hall–Kier alpha value is -3.81. The van der Waals surface area contributed by atoms with E-state index in [9.17, 15) is 26.3 Å². The van der Waals surface area contributed by atoms with Crippen molar-refractivity contribution in [3.8, 4) is 6.01 Å². The van der Waals surface area contributed by atoms with Crippen LogP contribution in [0.5, 0.6) is 6.01 Å². The Morgan fingerprint density at radius 3 is 2.27 bits per heavy atom. The van der Waals surface area contributed by atoms with Crippen LogP contribution in [0.4, 0.5) is 49.6 Å². The summed E-state index contributed by atoms with van der Waals surface area (Å²) in [5, 5.41) is 5.44. The minimum Gasteiger partial charge on any atom is -0.454 e. The number of anilines is 4. The topological polar surface area (TPSA) is 84.4 Å². The van der Waals surface area contributed by atoms with E-state index in [0.717, 1.165) is 36.5 Å². The van der Waals surface area contributed by atoms with Crippen LogP contribution in [0.1, 0.15) is 11.1 Å². The van der Waals surface area contributed by atoms with Crippen molar-refractivity contribution in [1.82, 2.24) is 15.0 Å². The molecule has 37 heavy (non-hydrogen) atoms. The maximum atomic E-state index is 13.0. The third-order valence-electron chi connectivity index (χ3n) is 5.19. The summed E-state index contributed by atoms with van der Waals surface area (Å²) in [5.41, 5.74) is 0.927. The highest BCUT2D eigenvalue weighted by Gasteiger charge is 2.31. The number of nitrogens with zero attached hydrogens (tertiary/aromatic N) is 4. The number of alkyl halides is 6. The molecule has 0 atom stereocenters. The Morgan fingerprint density at radius 2 is 1.59 bits per heavy atom. The van der Waals surface area contributed by atoms with Crippen molar-refractivity contribution < 1.29 is 35.8 Å². The summed E-state index contributed by atoms with van der Waals surface area (Å²) in [6.07, 6.45) is -9.22. The van der Waals surface area contributed by atoms with Gasteiger partial charge in [-0.15, -0.1) is 0 Å². The number of ether oxygens (including phenoxy) is 2. The zero-order valence-electron chi connectivity index (χ0n) is 19.2. The van der Waals surface area contributed by atoms with Gasteiger partial charge in [-0.1, -0.05) is 18.2 Å². The number of halogens is 6. The van der Waals surface area contributed by atoms with Crippen LogP contribution in [0.2, 0.25) is 0 Å². The first kappa shape index (κ1) is 26.3. The second kappa shape index (κ2) is 11.1. The zero-order valence-corrected chi connectivity index (χ0v) is 19.2. The lowest BCUT2D eigenvalue weighted by molar-refractivity contribution is -0.154. The van der Waals surface area contributed by atoms with Gasteiger partial charge in [0, 0.05) is 31.0 Å². The molecule has 0 amide bonds. The monoisotopic (exact) mass is 528 g/mol. The van der Waals surface area contributed by atoms with E-state index in [-0.39, 0.29) is 24.1 Å². The number of hydrogen-bond acceptors (Lipinski definition) is 8. The number of nitrogens with one attached hydrogen (secondary N) is 2. The molecule has 1 fully saturated rings. The molecule has 0 bridgehead atoms. The summed E-state index contributed by atoms with van der Waals surface area (Å²) < 4.78 is 87.0. The Balaban J connectivity index is 1.49. The molecule has 0 spiro atoms. The molecule has 4 rings (SSSR count). The highest BCUT2D eigenvalue weighted by molar-refractivity contribution is 5.56. The molecular formula is C23H22F6N6O2. The number of benzene rings is 2. The van der Waals surface area contributed by atoms with E-state index < -0.39 is 30.5 Å². The third-order valence-corrected chi connectivity index (χ3v) is 5.19. The first-order valence-electron chi connectivity index (χ1n) is 11.1. The Morgan fingerprint density at radius 1 is 0.892 bits per heavy atom. The van der Waals surface area contributed by atoms with E-state index in [1.54, 1.807) is 0 Å². The van der Waals surface area contributed by atoms with Gasteiger partial charge in [0.15, 0.2) is 6.61 Å². The number of rotatable bonds is 8. The molecule has 1 aliphatic heterocycles. The van der Waals surface area contributed by atoms with Crippen molar-refractivity contribution in [2.45, 2.75) is 18.9 Å². The summed E-state index contributed by atoms with van der Waals surface area (Å²) in [4.78, 5) is 13.8. The fourth-order valence-electron chi connectivity index (χ4n) is 3.43. The van der Waals surface area contributed by atoms with Crippen LogP contribution in [-0.4, -0.2) is 54.0 Å². The van der Waals surface area contributed by atoms with Gasteiger partial charge in [0.25, 0.3) is 0 Å². The summed E-state index contributed by atoms with van der Waals surface area (Å²) in [6, 6.07) is 11.2. The highest BCUT2D eigenvalue weighted by atomic mass is 19.4. The minimum atomic E-state index is -4.64. The lowest BCUT2D eigenvalue weighted by Gasteiger charge is -2.28. The fourth-order valence-corrected chi connectivity index (χ4v) is 3.43. The Labute approximate surface area is 207 Å². The van der Waals surface area contributed by atoms with Gasteiger partial charge in [-0.05, 0) is 35.9 Å². The maximum absolute atomic E-state index is 13.0. The van der Waals surface area contributed by atoms with Crippen molar-refractivity contribution >= 4 is 23.3 Å². The van der Waals surface area contributed by atoms with E-state index in [2.05, 4.69) is 35.2 Å². The molecule has 0 radical (unpaired) electrons. The van der Waals surface area contributed by atoms with Crippen LogP contribution in [0, 0.1) is 0 Å². The lowest BCUT2D eigenvalue weighted by atomic mass is 10.2. The predicted octanol–water partition coefficient (Wildman–Crippen LogP) is 5.02. The van der Waals surface area contributed by atoms with Gasteiger partial charge in [-0.2, -0.15) is 41.3 Å². The van der Waals surface area contributed by atoms with Crippen LogP contribution >= 0.6 is 0 Å². The molecule has 0 saturated carbocycles. The molecule has 2 heterocycles. The van der Waals surface area contributed by atoms with Gasteiger partial charge in [0.2, 0.25) is 11.9 Å². The quantitative estimate of drug-likeness (QED) is 0.395. The zero-order chi connectivity index (χ0) is 26.5. The Bertz CT molecular complexity index is 1180. The summed E-state index contributed by atoms with van der Waals surface area (Å²) in [7, 11) is 0. The first-order valence-corrected chi connectivity index (χ1v) is 11.1. The molecule has 1 aromatic heterocycles. The van der Waals surface area contributed by atoms with Crippen LogP contribution in [0.15, 0.2) is 48.5 Å². The van der Waals surface area contributed by atoms with Crippen LogP contribution in [0.3, 0.4) is 0 Å². The molecule has 0 aliphatic carbocycles. The average Bonchev–Trinajstić information content (AvgIpc) is 2.86. The second-order valence-corrected chi connectivity index (χ2v) is 7.99. The molecule has 14 heteroatoms. The van der Waals surface area contributed by atoms with Crippen molar-refractivity contribution in [2.75, 3.05) is 48.4 Å². The SMILES string of the molecule is FC(F)(F)COc1nc(NCc2ccc(N3CCOCC3)cc2)nc(Nc2cccc(C(F)(F)F)c2)n1. The highest BCUT2D eigenvalue weighted by Crippen LogP contribution is 2.31. The summed E-state index contributed by atoms with van der Waals surface area (Å²) in [5.74, 6) is -0.421. The average molecular weight is 528 g/mol. The van der Waals surface area contributed by atoms with Gasteiger partial charge < -0.3 is 25.0 Å². The number of aromatic nitrogens is 3. The maximum Gasteiger partial charge on any atom is 0.422 e. The summed E-state index contributed by atoms with van der Waals surface area (Å²) >= 11 is 0. The van der Waals surface area contributed by atoms with Crippen molar-refractivity contribution in [1.29, 1.82) is 0 Å². The van der Waals surface area contributed by atoms with E-state index in [1.165, 1.54) is 12.1 Å². The van der Waals surface area contributed by atoms with Crippen molar-refractivity contribution in [3.63, 3.8) is 0 Å². The number of morpholine rings is 1. The largest absolute Gasteiger partial charge is 0.454 e. The molecule has 2 aromatic carbocycles. The number of hydrogen-bond donors (Lipinski definition) is 2. The molecule has 3 aromatic rings. The van der Waals surface area contributed by atoms with Gasteiger partial charge in [-0.25, -0.2) is 0 Å². The molecule has 1 aliphatic rings. The van der Waals surface area contributed by atoms with Crippen LogP contribution in [-0.2, 0) is 17.5 Å². The molecule has 0 unspecified atom stereocenters. The first-order chi connectivity index (χ1) is 17.5. The van der Waals surface area contributed by atoms with Gasteiger partial charge in [-0.3, -0.25) is 0 Å². The molecule has 2 N–H and O–H groups in total. The van der Waals surface area contributed by atoms with Crippen molar-refractivity contribution in [3.05, 3.63) is 59.7 Å². The van der Waals surface area contributed by atoms with E-state index in [1.807, 2.05) is 24.3 Å². The van der Waals surface area contributed by atoms with Crippen molar-refractivity contribution in [2.24, 2.45) is 0 Å². The van der Waals surface area contributed by atoms with E-state index in [0.29, 0.717) is 13.2 Å². The normalized spacial score (nSPS) is 14.4. The third kappa shape index (κ3) is 7.84. The van der Waals surface area contributed by atoms with E-state index in [4.69, 9.17) is 4.74 Å². The van der Waals surface area contributed by atoms with Gasteiger partial charge in [0.05, 0.1) is 18.8 Å². The van der Waals surface area contributed by atoms with Gasteiger partial charge in [0.1, 0.15) is 0 Å². The molecule has 8 nitrogen and oxygen atoms in total.